The minimum atomic E-state index is -0.390. The summed E-state index contributed by atoms with van der Waals surface area (Å²) < 4.78 is 9.71. The molecule has 4 nitrogen and oxygen atoms in total. The zero-order valence-electron chi connectivity index (χ0n) is 8.79. The number of carbonyl (C=O) groups is 1. The van der Waals surface area contributed by atoms with Crippen LogP contribution in [-0.4, -0.2) is 19.6 Å². The van der Waals surface area contributed by atoms with Gasteiger partial charge in [0.15, 0.2) is 0 Å². The maximum atomic E-state index is 11.1. The van der Waals surface area contributed by atoms with Gasteiger partial charge in [-0.2, -0.15) is 0 Å². The highest BCUT2D eigenvalue weighted by atomic mass is 16.5. The zero-order valence-corrected chi connectivity index (χ0v) is 8.79. The summed E-state index contributed by atoms with van der Waals surface area (Å²) in [6.07, 6.45) is 1.38. The molecule has 0 aliphatic carbocycles. The SMILES string of the molecule is CC#CCNCc1cc(C(=O)OC)co1. The summed E-state index contributed by atoms with van der Waals surface area (Å²) in [6.45, 7) is 2.93. The van der Waals surface area contributed by atoms with Crippen molar-refractivity contribution in [1.82, 2.24) is 5.32 Å². The fraction of sp³-hybridized carbons (Fsp3) is 0.364. The molecule has 0 radical (unpaired) electrons. The van der Waals surface area contributed by atoms with E-state index in [9.17, 15) is 4.79 Å². The van der Waals surface area contributed by atoms with E-state index in [1.165, 1.54) is 13.4 Å². The van der Waals surface area contributed by atoms with Crippen molar-refractivity contribution in [3.63, 3.8) is 0 Å². The molecule has 0 unspecified atom stereocenters. The second kappa shape index (κ2) is 5.89. The summed E-state index contributed by atoms with van der Waals surface area (Å²) in [7, 11) is 1.34. The van der Waals surface area contributed by atoms with Crippen molar-refractivity contribution in [2.75, 3.05) is 13.7 Å². The molecule has 0 atom stereocenters. The van der Waals surface area contributed by atoms with Crippen LogP contribution in [0, 0.1) is 11.8 Å². The third kappa shape index (κ3) is 3.49. The van der Waals surface area contributed by atoms with Crippen LogP contribution < -0.4 is 5.32 Å². The van der Waals surface area contributed by atoms with Gasteiger partial charge < -0.3 is 9.15 Å². The van der Waals surface area contributed by atoms with E-state index in [1.807, 2.05) is 0 Å². The Hall–Kier alpha value is -1.73. The number of hydrogen-bond acceptors (Lipinski definition) is 4. The summed E-state index contributed by atoms with van der Waals surface area (Å²) in [6, 6.07) is 1.65. The predicted molar refractivity (Wildman–Crippen MR) is 55.2 cm³/mol. The van der Waals surface area contributed by atoms with E-state index >= 15 is 0 Å². The van der Waals surface area contributed by atoms with Crippen LogP contribution in [0.25, 0.3) is 0 Å². The highest BCUT2D eigenvalue weighted by molar-refractivity contribution is 5.88. The largest absolute Gasteiger partial charge is 0.467 e. The molecular weight excluding hydrogens is 194 g/mol. The van der Waals surface area contributed by atoms with Gasteiger partial charge >= 0.3 is 5.97 Å². The van der Waals surface area contributed by atoms with Gasteiger partial charge in [0.25, 0.3) is 0 Å². The summed E-state index contributed by atoms with van der Waals surface area (Å²) in [5.41, 5.74) is 0.427. The molecule has 0 saturated carbocycles. The lowest BCUT2D eigenvalue weighted by Crippen LogP contribution is -2.12. The normalized spacial score (nSPS) is 9.20. The maximum Gasteiger partial charge on any atom is 0.341 e. The van der Waals surface area contributed by atoms with Gasteiger partial charge in [-0.3, -0.25) is 5.32 Å². The molecule has 0 aliphatic rings. The number of furan rings is 1. The van der Waals surface area contributed by atoms with E-state index in [-0.39, 0.29) is 0 Å². The topological polar surface area (TPSA) is 51.5 Å². The minimum Gasteiger partial charge on any atom is -0.467 e. The Morgan fingerprint density at radius 1 is 1.67 bits per heavy atom. The quantitative estimate of drug-likeness (QED) is 0.457. The van der Waals surface area contributed by atoms with Gasteiger partial charge in [-0.05, 0) is 13.0 Å². The standard InChI is InChI=1S/C11H13NO3/c1-3-4-5-12-7-10-6-9(8-15-10)11(13)14-2/h6,8,12H,5,7H2,1-2H3. The van der Waals surface area contributed by atoms with Crippen LogP contribution in [-0.2, 0) is 11.3 Å². The zero-order chi connectivity index (χ0) is 11.1. The molecule has 1 heterocycles. The van der Waals surface area contributed by atoms with Crippen molar-refractivity contribution in [3.8, 4) is 11.8 Å². The van der Waals surface area contributed by atoms with Gasteiger partial charge in [-0.25, -0.2) is 4.79 Å². The average molecular weight is 207 g/mol. The molecule has 1 rings (SSSR count). The molecule has 1 aromatic rings. The van der Waals surface area contributed by atoms with E-state index in [4.69, 9.17) is 4.42 Å². The van der Waals surface area contributed by atoms with Crippen molar-refractivity contribution < 1.29 is 13.9 Å². The molecule has 1 N–H and O–H groups in total. The van der Waals surface area contributed by atoms with Crippen molar-refractivity contribution in [2.45, 2.75) is 13.5 Å². The number of hydrogen-bond donors (Lipinski definition) is 1. The molecule has 15 heavy (non-hydrogen) atoms. The van der Waals surface area contributed by atoms with Crippen LogP contribution in [0.15, 0.2) is 16.7 Å². The third-order valence-electron chi connectivity index (χ3n) is 1.76. The Morgan fingerprint density at radius 3 is 3.13 bits per heavy atom. The lowest BCUT2D eigenvalue weighted by molar-refractivity contribution is 0.0600. The lowest BCUT2D eigenvalue weighted by atomic mass is 10.3. The molecule has 80 valence electrons. The Balaban J connectivity index is 2.45. The highest BCUT2D eigenvalue weighted by Gasteiger charge is 2.09. The summed E-state index contributed by atoms with van der Waals surface area (Å²) >= 11 is 0. The first-order chi connectivity index (χ1) is 7.27. The van der Waals surface area contributed by atoms with E-state index < -0.39 is 5.97 Å². The molecule has 0 bridgehead atoms. The molecule has 0 aromatic carbocycles. The molecule has 0 amide bonds. The van der Waals surface area contributed by atoms with Crippen molar-refractivity contribution in [1.29, 1.82) is 0 Å². The number of esters is 1. The van der Waals surface area contributed by atoms with Crippen molar-refractivity contribution in [2.24, 2.45) is 0 Å². The van der Waals surface area contributed by atoms with Gasteiger partial charge in [0, 0.05) is 0 Å². The van der Waals surface area contributed by atoms with Crippen molar-refractivity contribution in [3.05, 3.63) is 23.7 Å². The fourth-order valence-corrected chi connectivity index (χ4v) is 1.03. The fourth-order valence-electron chi connectivity index (χ4n) is 1.03. The number of methoxy groups -OCH3 is 1. The second-order valence-corrected chi connectivity index (χ2v) is 2.82. The highest BCUT2D eigenvalue weighted by Crippen LogP contribution is 2.08. The summed E-state index contributed by atoms with van der Waals surface area (Å²) in [5, 5.41) is 3.05. The lowest BCUT2D eigenvalue weighted by Gasteiger charge is -1.94. The van der Waals surface area contributed by atoms with Gasteiger partial charge in [-0.1, -0.05) is 5.92 Å². The second-order valence-electron chi connectivity index (χ2n) is 2.82. The van der Waals surface area contributed by atoms with Crippen LogP contribution in [0.1, 0.15) is 23.0 Å². The number of carbonyl (C=O) groups excluding carboxylic acids is 1. The van der Waals surface area contributed by atoms with Gasteiger partial charge in [0.1, 0.15) is 12.0 Å². The number of ether oxygens (including phenoxy) is 1. The summed E-state index contributed by atoms with van der Waals surface area (Å²) in [5.74, 6) is 5.93. The Kier molecular flexibility index (Phi) is 4.45. The van der Waals surface area contributed by atoms with E-state index in [0.717, 1.165) is 0 Å². The molecule has 0 fully saturated rings. The predicted octanol–water partition coefficient (Wildman–Crippen LogP) is 1.18. The van der Waals surface area contributed by atoms with E-state index in [1.54, 1.807) is 13.0 Å². The molecule has 0 aliphatic heterocycles. The molecular formula is C11H13NO3. The molecule has 4 heteroatoms. The number of nitrogens with one attached hydrogen (secondary N) is 1. The van der Waals surface area contributed by atoms with Crippen LogP contribution in [0.4, 0.5) is 0 Å². The van der Waals surface area contributed by atoms with E-state index in [0.29, 0.717) is 24.4 Å². The maximum absolute atomic E-state index is 11.1. The van der Waals surface area contributed by atoms with Gasteiger partial charge in [0.2, 0.25) is 0 Å². The molecule has 1 aromatic heterocycles. The third-order valence-corrected chi connectivity index (χ3v) is 1.76. The van der Waals surface area contributed by atoms with Crippen LogP contribution >= 0.6 is 0 Å². The monoisotopic (exact) mass is 207 g/mol. The van der Waals surface area contributed by atoms with Crippen LogP contribution in [0.3, 0.4) is 0 Å². The van der Waals surface area contributed by atoms with E-state index in [2.05, 4.69) is 21.9 Å². The smallest absolute Gasteiger partial charge is 0.341 e. The Morgan fingerprint density at radius 2 is 2.47 bits per heavy atom. The average Bonchev–Trinajstić information content (AvgIpc) is 2.72. The van der Waals surface area contributed by atoms with Crippen LogP contribution in [0.2, 0.25) is 0 Å². The van der Waals surface area contributed by atoms with Crippen LogP contribution in [0.5, 0.6) is 0 Å². The van der Waals surface area contributed by atoms with Gasteiger partial charge in [0.05, 0.1) is 25.8 Å². The molecule has 0 spiro atoms. The molecule has 0 saturated heterocycles. The first-order valence-electron chi connectivity index (χ1n) is 4.54. The van der Waals surface area contributed by atoms with Crippen molar-refractivity contribution >= 4 is 5.97 Å². The Bertz CT molecular complexity index is 384. The summed E-state index contributed by atoms with van der Waals surface area (Å²) in [4.78, 5) is 11.1. The first kappa shape index (κ1) is 11.3. The number of rotatable bonds is 4. The van der Waals surface area contributed by atoms with Gasteiger partial charge in [-0.15, -0.1) is 5.92 Å². The minimum absolute atomic E-state index is 0.390. The Labute approximate surface area is 88.6 Å². The first-order valence-corrected chi connectivity index (χ1v) is 4.54.